The summed E-state index contributed by atoms with van der Waals surface area (Å²) in [7, 11) is 0. The van der Waals surface area contributed by atoms with Gasteiger partial charge in [0.05, 0.1) is 47.6 Å². The number of nitrogens with one attached hydrogen (secondary N) is 1. The number of rotatable bonds is 6. The molecule has 2 bridgehead atoms. The standard InChI is InChI=1S/C27H30BrFN6O4/c1-27(2,3)39-26(36)35-10-16-8-17(35)9-34(16)21-7-5-19-24(33-21)25(31-14-30-19)32-18-4-6-20(22(28)23(18)29)38-13-15-11-37-12-15/h4-7,14-17H,8-13H2,1-3H3,(H,30,31,32)/t16-,17-/m0/s1. The first-order valence-electron chi connectivity index (χ1n) is 13.0. The molecule has 3 fully saturated rings. The number of fused-ring (bicyclic) bond motifs is 3. The Hall–Kier alpha value is -3.25. The lowest BCUT2D eigenvalue weighted by Crippen LogP contribution is -2.50. The SMILES string of the molecule is CC(C)(C)OC(=O)N1C[C@@H]2C[C@H]1CN2c1ccc2ncnc(Nc3ccc(OCC4COC4)c(Br)c3F)c2n1. The molecule has 6 rings (SSSR count). The molecule has 1 N–H and O–H groups in total. The molecule has 10 nitrogen and oxygen atoms in total. The Morgan fingerprint density at radius 1 is 1.18 bits per heavy atom. The molecule has 0 saturated carbocycles. The first kappa shape index (κ1) is 26.0. The number of hydrogen-bond donors (Lipinski definition) is 1. The minimum atomic E-state index is -0.532. The maximum Gasteiger partial charge on any atom is 0.410 e. The largest absolute Gasteiger partial charge is 0.492 e. The van der Waals surface area contributed by atoms with Gasteiger partial charge in [0.1, 0.15) is 29.0 Å². The summed E-state index contributed by atoms with van der Waals surface area (Å²) in [6.45, 7) is 8.66. The van der Waals surface area contributed by atoms with Crippen molar-refractivity contribution in [1.29, 1.82) is 0 Å². The van der Waals surface area contributed by atoms with E-state index in [-0.39, 0.29) is 28.3 Å². The molecule has 0 radical (unpaired) electrons. The molecule has 1 aromatic carbocycles. The Bertz CT molecular complexity index is 1420. The zero-order valence-corrected chi connectivity index (χ0v) is 23.6. The van der Waals surface area contributed by atoms with Crippen LogP contribution in [0.4, 0.5) is 26.5 Å². The minimum absolute atomic E-state index is 0.0657. The van der Waals surface area contributed by atoms with E-state index in [1.807, 2.05) is 37.8 Å². The normalized spacial score (nSPS) is 20.8. The van der Waals surface area contributed by atoms with E-state index in [0.717, 1.165) is 12.2 Å². The molecule has 1 amide bonds. The van der Waals surface area contributed by atoms with Gasteiger partial charge >= 0.3 is 6.09 Å². The lowest BCUT2D eigenvalue weighted by molar-refractivity contribution is -0.0509. The van der Waals surface area contributed by atoms with E-state index in [1.54, 1.807) is 12.1 Å². The van der Waals surface area contributed by atoms with Crippen LogP contribution in [-0.2, 0) is 9.47 Å². The van der Waals surface area contributed by atoms with Crippen molar-refractivity contribution in [1.82, 2.24) is 19.9 Å². The zero-order valence-electron chi connectivity index (χ0n) is 22.0. The van der Waals surface area contributed by atoms with E-state index in [1.165, 1.54) is 6.33 Å². The van der Waals surface area contributed by atoms with E-state index in [9.17, 15) is 4.79 Å². The summed E-state index contributed by atoms with van der Waals surface area (Å²) < 4.78 is 32.0. The second-order valence-electron chi connectivity index (χ2n) is 11.2. The van der Waals surface area contributed by atoms with Crippen LogP contribution in [0.25, 0.3) is 11.0 Å². The fourth-order valence-electron chi connectivity index (χ4n) is 5.13. The predicted octanol–water partition coefficient (Wildman–Crippen LogP) is 4.89. The van der Waals surface area contributed by atoms with E-state index >= 15 is 4.39 Å². The molecule has 0 unspecified atom stereocenters. The first-order valence-corrected chi connectivity index (χ1v) is 13.8. The summed E-state index contributed by atoms with van der Waals surface area (Å²) in [6, 6.07) is 7.35. The van der Waals surface area contributed by atoms with Gasteiger partial charge in [0.25, 0.3) is 0 Å². The summed E-state index contributed by atoms with van der Waals surface area (Å²) in [5, 5.41) is 3.08. The highest BCUT2D eigenvalue weighted by molar-refractivity contribution is 9.10. The maximum absolute atomic E-state index is 15.3. The molecular weight excluding hydrogens is 571 g/mol. The fraction of sp³-hybridized carbons (Fsp3) is 0.481. The van der Waals surface area contributed by atoms with Gasteiger partial charge < -0.3 is 29.3 Å². The number of halogens is 2. The van der Waals surface area contributed by atoms with Crippen LogP contribution in [-0.4, -0.2) is 76.5 Å². The zero-order chi connectivity index (χ0) is 27.3. The van der Waals surface area contributed by atoms with Gasteiger partial charge in [0.2, 0.25) is 0 Å². The molecule has 5 heterocycles. The van der Waals surface area contributed by atoms with Gasteiger partial charge in [-0.2, -0.15) is 0 Å². The average Bonchev–Trinajstić information content (AvgIpc) is 3.48. The third-order valence-electron chi connectivity index (χ3n) is 7.11. The molecule has 12 heteroatoms. The predicted molar refractivity (Wildman–Crippen MR) is 147 cm³/mol. The van der Waals surface area contributed by atoms with Gasteiger partial charge in [0, 0.05) is 19.0 Å². The number of carbonyl (C=O) groups excluding carboxylic acids is 1. The van der Waals surface area contributed by atoms with Crippen LogP contribution < -0.4 is 15.0 Å². The fourth-order valence-corrected chi connectivity index (χ4v) is 5.59. The van der Waals surface area contributed by atoms with E-state index < -0.39 is 11.4 Å². The second-order valence-corrected chi connectivity index (χ2v) is 12.0. The van der Waals surface area contributed by atoms with E-state index in [0.29, 0.717) is 61.4 Å². The van der Waals surface area contributed by atoms with Crippen LogP contribution in [0.15, 0.2) is 35.1 Å². The van der Waals surface area contributed by atoms with Crippen LogP contribution in [0.5, 0.6) is 5.75 Å². The summed E-state index contributed by atoms with van der Waals surface area (Å²) in [6.07, 6.45) is 2.01. The minimum Gasteiger partial charge on any atom is -0.492 e. The Labute approximate surface area is 234 Å². The lowest BCUT2D eigenvalue weighted by atomic mass is 10.1. The van der Waals surface area contributed by atoms with E-state index in [4.69, 9.17) is 19.2 Å². The Kier molecular flexibility index (Phi) is 6.70. The van der Waals surface area contributed by atoms with Gasteiger partial charge in [-0.05, 0) is 67.4 Å². The maximum atomic E-state index is 15.3. The smallest absolute Gasteiger partial charge is 0.410 e. The summed E-state index contributed by atoms with van der Waals surface area (Å²) in [5.74, 6) is 1.44. The Balaban J connectivity index is 1.20. The molecule has 0 aliphatic carbocycles. The molecule has 3 aromatic rings. The van der Waals surface area contributed by atoms with Crippen molar-refractivity contribution in [2.24, 2.45) is 5.92 Å². The highest BCUT2D eigenvalue weighted by atomic mass is 79.9. The Morgan fingerprint density at radius 2 is 2.00 bits per heavy atom. The quantitative estimate of drug-likeness (QED) is 0.423. The molecule has 3 aliphatic rings. The van der Waals surface area contributed by atoms with Crippen LogP contribution in [0, 0.1) is 11.7 Å². The van der Waals surface area contributed by atoms with Crippen molar-refractivity contribution in [3.05, 3.63) is 40.9 Å². The van der Waals surface area contributed by atoms with Crippen molar-refractivity contribution in [2.75, 3.05) is 43.1 Å². The number of nitrogens with zero attached hydrogens (tertiary/aromatic N) is 5. The van der Waals surface area contributed by atoms with E-state index in [2.05, 4.69) is 36.1 Å². The van der Waals surface area contributed by atoms with Gasteiger partial charge in [0.15, 0.2) is 11.6 Å². The topological polar surface area (TPSA) is 102 Å². The summed E-state index contributed by atoms with van der Waals surface area (Å²) in [4.78, 5) is 30.2. The number of amides is 1. The number of aromatic nitrogens is 3. The number of anilines is 3. The average molecular weight is 601 g/mol. The number of benzene rings is 1. The van der Waals surface area contributed by atoms with Crippen molar-refractivity contribution < 1.29 is 23.4 Å². The first-order chi connectivity index (χ1) is 18.7. The number of carbonyl (C=O) groups is 1. The van der Waals surface area contributed by atoms with Crippen LogP contribution in [0.2, 0.25) is 0 Å². The summed E-state index contributed by atoms with van der Waals surface area (Å²) in [5.41, 5.74) is 0.873. The van der Waals surface area contributed by atoms with Gasteiger partial charge in [-0.15, -0.1) is 0 Å². The molecule has 0 spiro atoms. The van der Waals surface area contributed by atoms with Gasteiger partial charge in [-0.25, -0.2) is 24.1 Å². The molecule has 3 saturated heterocycles. The number of hydrogen-bond acceptors (Lipinski definition) is 9. The number of piperazine rings is 1. The second kappa shape index (κ2) is 10.1. The van der Waals surface area contributed by atoms with Crippen LogP contribution >= 0.6 is 15.9 Å². The third kappa shape index (κ3) is 5.19. The van der Waals surface area contributed by atoms with Gasteiger partial charge in [-0.3, -0.25) is 0 Å². The van der Waals surface area contributed by atoms with Gasteiger partial charge in [-0.1, -0.05) is 0 Å². The highest BCUT2D eigenvalue weighted by Gasteiger charge is 2.47. The monoisotopic (exact) mass is 600 g/mol. The summed E-state index contributed by atoms with van der Waals surface area (Å²) >= 11 is 3.33. The molecule has 3 aliphatic heterocycles. The number of ether oxygens (including phenoxy) is 3. The number of likely N-dealkylation sites (tertiary alicyclic amines) is 1. The molecular formula is C27H30BrFN6O4. The van der Waals surface area contributed by atoms with Crippen LogP contribution in [0.1, 0.15) is 27.2 Å². The highest BCUT2D eigenvalue weighted by Crippen LogP contribution is 2.37. The third-order valence-corrected chi connectivity index (χ3v) is 7.85. The Morgan fingerprint density at radius 3 is 2.69 bits per heavy atom. The van der Waals surface area contributed by atoms with Crippen molar-refractivity contribution in [3.63, 3.8) is 0 Å². The van der Waals surface area contributed by atoms with Crippen molar-refractivity contribution >= 4 is 50.4 Å². The molecule has 206 valence electrons. The number of pyridine rings is 1. The lowest BCUT2D eigenvalue weighted by Gasteiger charge is -2.35. The van der Waals surface area contributed by atoms with Crippen LogP contribution in [0.3, 0.4) is 0 Å². The molecule has 2 aromatic heterocycles. The molecule has 39 heavy (non-hydrogen) atoms. The molecule has 2 atom stereocenters. The van der Waals surface area contributed by atoms with Crippen molar-refractivity contribution in [2.45, 2.75) is 44.9 Å². The van der Waals surface area contributed by atoms with Crippen molar-refractivity contribution in [3.8, 4) is 5.75 Å².